The lowest BCUT2D eigenvalue weighted by Gasteiger charge is -2.23. The fourth-order valence-corrected chi connectivity index (χ4v) is 3.61. The number of benzene rings is 2. The van der Waals surface area contributed by atoms with Crippen LogP contribution in [0.4, 0.5) is 11.4 Å². The van der Waals surface area contributed by atoms with Crippen molar-refractivity contribution in [1.82, 2.24) is 20.4 Å². The summed E-state index contributed by atoms with van der Waals surface area (Å²) >= 11 is 0. The number of aromatic nitrogens is 4. The van der Waals surface area contributed by atoms with Gasteiger partial charge in [0.1, 0.15) is 5.54 Å². The Morgan fingerprint density at radius 1 is 0.706 bits per heavy atom. The van der Waals surface area contributed by atoms with Gasteiger partial charge >= 0.3 is 0 Å². The summed E-state index contributed by atoms with van der Waals surface area (Å²) in [6.07, 6.45) is 0. The van der Waals surface area contributed by atoms with Crippen molar-refractivity contribution >= 4 is 36.2 Å². The van der Waals surface area contributed by atoms with E-state index < -0.39 is 5.54 Å². The number of rotatable bonds is 7. The van der Waals surface area contributed by atoms with E-state index in [1.807, 2.05) is 40.3 Å². The van der Waals surface area contributed by atoms with Crippen molar-refractivity contribution in [2.24, 2.45) is 11.5 Å². The first-order chi connectivity index (χ1) is 15.3. The quantitative estimate of drug-likeness (QED) is 0.306. The first-order valence-corrected chi connectivity index (χ1v) is 10.5. The van der Waals surface area contributed by atoms with E-state index in [1.165, 1.54) is 0 Å². The van der Waals surface area contributed by atoms with E-state index in [9.17, 15) is 0 Å². The van der Waals surface area contributed by atoms with E-state index in [2.05, 4.69) is 78.7 Å². The van der Waals surface area contributed by atoms with Gasteiger partial charge in [0.05, 0.1) is 22.8 Å². The number of nitrogens with two attached hydrogens (primary N) is 2. The molecule has 182 valence electrons. The van der Waals surface area contributed by atoms with E-state index in [0.717, 1.165) is 33.9 Å². The molecule has 0 fully saturated rings. The van der Waals surface area contributed by atoms with Crippen molar-refractivity contribution in [2.75, 3.05) is 44.5 Å². The number of nitrogens with one attached hydrogen (secondary N) is 2. The molecule has 4 rings (SSSR count). The Bertz CT molecular complexity index is 1090. The molecule has 4 aromatic rings. The topological polar surface area (TPSA) is 116 Å². The normalized spacial score (nSPS) is 10.9. The fourth-order valence-electron chi connectivity index (χ4n) is 3.61. The van der Waals surface area contributed by atoms with Gasteiger partial charge in [0.15, 0.2) is 0 Å². The summed E-state index contributed by atoms with van der Waals surface area (Å²) in [6.45, 7) is 0.167. The highest BCUT2D eigenvalue weighted by Crippen LogP contribution is 2.30. The molecule has 0 saturated carbocycles. The maximum Gasteiger partial charge on any atom is 0.117 e. The number of hydrogen-bond acceptors (Lipinski definition) is 6. The Morgan fingerprint density at radius 2 is 1.06 bits per heavy atom. The molecule has 0 bridgehead atoms. The third kappa shape index (κ3) is 5.20. The summed E-state index contributed by atoms with van der Waals surface area (Å²) in [4.78, 5) is 4.12. The first kappa shape index (κ1) is 27.2. The number of hydrogen-bond donors (Lipinski definition) is 4. The smallest absolute Gasteiger partial charge is 0.117 e. The SMILES string of the molecule is CN(C)c1ccc(-c2cc(C(N)(CN)c3cc(-c4ccc(N(C)C)cc4)[nH]n3)n[nH]2)cc1.Cl.Cl. The van der Waals surface area contributed by atoms with Crippen molar-refractivity contribution in [3.05, 3.63) is 72.1 Å². The zero-order valence-electron chi connectivity index (χ0n) is 19.7. The van der Waals surface area contributed by atoms with E-state index in [-0.39, 0.29) is 31.4 Å². The average Bonchev–Trinajstić information content (AvgIpc) is 3.50. The molecule has 0 unspecified atom stereocenters. The van der Waals surface area contributed by atoms with Gasteiger partial charge in [-0.05, 0) is 47.5 Å². The summed E-state index contributed by atoms with van der Waals surface area (Å²) in [6, 6.07) is 20.4. The molecule has 0 aliphatic carbocycles. The van der Waals surface area contributed by atoms with Crippen molar-refractivity contribution < 1.29 is 0 Å². The van der Waals surface area contributed by atoms with Crippen LogP contribution in [0.15, 0.2) is 60.7 Å². The third-order valence-electron chi connectivity index (χ3n) is 5.78. The Hall–Kier alpha value is -3.04. The molecule has 34 heavy (non-hydrogen) atoms. The van der Waals surface area contributed by atoms with Crippen LogP contribution in [0.2, 0.25) is 0 Å². The van der Waals surface area contributed by atoms with Crippen molar-refractivity contribution in [3.63, 3.8) is 0 Å². The molecule has 0 atom stereocenters. The van der Waals surface area contributed by atoms with E-state index >= 15 is 0 Å². The lowest BCUT2D eigenvalue weighted by atomic mass is 9.91. The highest BCUT2D eigenvalue weighted by molar-refractivity contribution is 5.85. The van der Waals surface area contributed by atoms with Gasteiger partial charge < -0.3 is 21.3 Å². The molecule has 10 heteroatoms. The Morgan fingerprint density at radius 3 is 1.35 bits per heavy atom. The standard InChI is InChI=1S/C24H30N8.2ClH/c1-31(2)18-9-5-16(6-10-18)20-13-22(29-27-20)24(26,15-25)23-14-21(28-30-23)17-7-11-19(12-8-17)32(3)4;;/h5-14H,15,25-26H2,1-4H3,(H,27,29)(H,28,30);2*1H. The molecule has 6 N–H and O–H groups in total. The van der Waals surface area contributed by atoms with Crippen LogP contribution >= 0.6 is 24.8 Å². The van der Waals surface area contributed by atoms with Gasteiger partial charge in [0.25, 0.3) is 0 Å². The number of H-pyrrole nitrogens is 2. The summed E-state index contributed by atoms with van der Waals surface area (Å²) in [5, 5.41) is 15.2. The maximum atomic E-state index is 6.75. The van der Waals surface area contributed by atoms with Gasteiger partial charge in [-0.15, -0.1) is 24.8 Å². The van der Waals surface area contributed by atoms with Gasteiger partial charge in [-0.25, -0.2) is 0 Å². The minimum atomic E-state index is -1.02. The van der Waals surface area contributed by atoms with Gasteiger partial charge in [-0.1, -0.05) is 24.3 Å². The maximum absolute atomic E-state index is 6.75. The van der Waals surface area contributed by atoms with Crippen LogP contribution < -0.4 is 21.3 Å². The molecule has 0 amide bonds. The zero-order chi connectivity index (χ0) is 22.9. The molecule has 0 spiro atoms. The van der Waals surface area contributed by atoms with E-state index in [0.29, 0.717) is 11.4 Å². The van der Waals surface area contributed by atoms with Gasteiger partial charge in [-0.2, -0.15) is 10.2 Å². The van der Waals surface area contributed by atoms with Crippen LogP contribution in [0.5, 0.6) is 0 Å². The molecule has 2 aromatic carbocycles. The second-order valence-corrected chi connectivity index (χ2v) is 8.39. The average molecular weight is 503 g/mol. The highest BCUT2D eigenvalue weighted by atomic mass is 35.5. The number of nitrogens with zero attached hydrogens (tertiary/aromatic N) is 4. The molecular formula is C24H32Cl2N8. The van der Waals surface area contributed by atoms with Crippen LogP contribution in [0.1, 0.15) is 11.4 Å². The lowest BCUT2D eigenvalue weighted by molar-refractivity contribution is 0.515. The molecule has 0 radical (unpaired) electrons. The molecule has 0 aliphatic rings. The largest absolute Gasteiger partial charge is 0.378 e. The monoisotopic (exact) mass is 502 g/mol. The Kier molecular flexibility index (Phi) is 8.74. The Balaban J connectivity index is 0.00000204. The van der Waals surface area contributed by atoms with Crippen LogP contribution in [-0.4, -0.2) is 55.1 Å². The van der Waals surface area contributed by atoms with Crippen LogP contribution in [-0.2, 0) is 5.54 Å². The molecule has 8 nitrogen and oxygen atoms in total. The minimum Gasteiger partial charge on any atom is -0.378 e. The van der Waals surface area contributed by atoms with E-state index in [1.54, 1.807) is 0 Å². The third-order valence-corrected chi connectivity index (χ3v) is 5.78. The predicted octanol–water partition coefficient (Wildman–Crippen LogP) is 3.60. The van der Waals surface area contributed by atoms with Crippen molar-refractivity contribution in [1.29, 1.82) is 0 Å². The molecular weight excluding hydrogens is 471 g/mol. The summed E-state index contributed by atoms with van der Waals surface area (Å²) in [5.74, 6) is 0. The summed E-state index contributed by atoms with van der Waals surface area (Å²) < 4.78 is 0. The van der Waals surface area contributed by atoms with Crippen LogP contribution in [0.3, 0.4) is 0 Å². The van der Waals surface area contributed by atoms with Gasteiger partial charge in [0.2, 0.25) is 0 Å². The molecule has 2 heterocycles. The van der Waals surface area contributed by atoms with E-state index in [4.69, 9.17) is 11.5 Å². The molecule has 2 aromatic heterocycles. The second-order valence-electron chi connectivity index (χ2n) is 8.39. The molecule has 0 saturated heterocycles. The Labute approximate surface area is 212 Å². The fraction of sp³-hybridized carbons (Fsp3) is 0.250. The lowest BCUT2D eigenvalue weighted by Crippen LogP contribution is -2.45. The number of halogens is 2. The van der Waals surface area contributed by atoms with Gasteiger partial charge in [0, 0.05) is 46.1 Å². The first-order valence-electron chi connectivity index (χ1n) is 10.5. The molecule has 0 aliphatic heterocycles. The zero-order valence-corrected chi connectivity index (χ0v) is 21.4. The highest BCUT2D eigenvalue weighted by Gasteiger charge is 2.34. The van der Waals surface area contributed by atoms with Gasteiger partial charge in [-0.3, -0.25) is 10.2 Å². The van der Waals surface area contributed by atoms with Crippen molar-refractivity contribution in [2.45, 2.75) is 5.54 Å². The number of aromatic amines is 2. The second kappa shape index (κ2) is 10.9. The number of anilines is 2. The van der Waals surface area contributed by atoms with Crippen LogP contribution in [0, 0.1) is 0 Å². The summed E-state index contributed by atoms with van der Waals surface area (Å²) in [7, 11) is 8.06. The van der Waals surface area contributed by atoms with Crippen molar-refractivity contribution in [3.8, 4) is 22.5 Å². The predicted molar refractivity (Wildman–Crippen MR) is 145 cm³/mol. The minimum absolute atomic E-state index is 0. The van der Waals surface area contributed by atoms with Crippen LogP contribution in [0.25, 0.3) is 22.5 Å². The summed E-state index contributed by atoms with van der Waals surface area (Å²) in [5.41, 5.74) is 19.2.